The third kappa shape index (κ3) is 4.51. The summed E-state index contributed by atoms with van der Waals surface area (Å²) in [7, 11) is 4.12. The molecule has 0 bridgehead atoms. The highest BCUT2D eigenvalue weighted by Gasteiger charge is 2.22. The molecule has 0 amide bonds. The molecule has 1 unspecified atom stereocenters. The second-order valence-electron chi connectivity index (χ2n) is 8.00. The van der Waals surface area contributed by atoms with Crippen molar-refractivity contribution < 1.29 is 4.39 Å². The highest BCUT2D eigenvalue weighted by atomic mass is 19.1. The minimum Gasteiger partial charge on any atom is -0.378 e. The van der Waals surface area contributed by atoms with Gasteiger partial charge in [0.15, 0.2) is 0 Å². The average Bonchev–Trinajstić information content (AvgIpc) is 2.75. The predicted molar refractivity (Wildman–Crippen MR) is 119 cm³/mol. The van der Waals surface area contributed by atoms with Gasteiger partial charge in [-0.3, -0.25) is 4.90 Å². The molecule has 2 heterocycles. The first-order valence-electron chi connectivity index (χ1n) is 10.4. The Morgan fingerprint density at radius 2 is 1.79 bits per heavy atom. The standard InChI is InChI=1S/C24H29FN4/c1-28(2)21-10-7-19(8-11-21)23(29-14-4-3-5-15-29)17-27-24-22-16-20(25)9-6-18(22)12-13-26-24/h6-13,16,23H,3-5,14-15,17H2,1-2H3,(H,26,27). The van der Waals surface area contributed by atoms with Crippen molar-refractivity contribution in [2.45, 2.75) is 25.3 Å². The molecular weight excluding hydrogens is 363 g/mol. The van der Waals surface area contributed by atoms with Gasteiger partial charge in [0.2, 0.25) is 0 Å². The molecule has 29 heavy (non-hydrogen) atoms. The van der Waals surface area contributed by atoms with E-state index in [2.05, 4.69) is 58.5 Å². The lowest BCUT2D eigenvalue weighted by molar-refractivity contribution is 0.170. The minimum atomic E-state index is -0.236. The zero-order valence-corrected chi connectivity index (χ0v) is 17.2. The summed E-state index contributed by atoms with van der Waals surface area (Å²) in [5.41, 5.74) is 2.50. The van der Waals surface area contributed by atoms with Crippen molar-refractivity contribution >= 4 is 22.3 Å². The monoisotopic (exact) mass is 392 g/mol. The van der Waals surface area contributed by atoms with Gasteiger partial charge in [0.25, 0.3) is 0 Å². The number of aromatic nitrogens is 1. The van der Waals surface area contributed by atoms with Gasteiger partial charge < -0.3 is 10.2 Å². The summed E-state index contributed by atoms with van der Waals surface area (Å²) in [6.07, 6.45) is 5.57. The van der Waals surface area contributed by atoms with E-state index in [-0.39, 0.29) is 11.9 Å². The molecular formula is C24H29FN4. The van der Waals surface area contributed by atoms with E-state index < -0.39 is 0 Å². The first-order valence-corrected chi connectivity index (χ1v) is 10.4. The lowest BCUT2D eigenvalue weighted by atomic mass is 10.0. The van der Waals surface area contributed by atoms with Gasteiger partial charge in [-0.2, -0.15) is 0 Å². The summed E-state index contributed by atoms with van der Waals surface area (Å²) in [5.74, 6) is 0.509. The Morgan fingerprint density at radius 3 is 2.52 bits per heavy atom. The number of rotatable bonds is 6. The third-order valence-corrected chi connectivity index (χ3v) is 5.82. The molecule has 1 saturated heterocycles. The highest BCUT2D eigenvalue weighted by Crippen LogP contribution is 2.28. The van der Waals surface area contributed by atoms with Gasteiger partial charge in [0, 0.05) is 37.9 Å². The van der Waals surface area contributed by atoms with Crippen LogP contribution in [-0.4, -0.2) is 43.6 Å². The maximum Gasteiger partial charge on any atom is 0.133 e. The van der Waals surface area contributed by atoms with Crippen molar-refractivity contribution in [1.29, 1.82) is 0 Å². The molecule has 1 atom stereocenters. The van der Waals surface area contributed by atoms with Crippen LogP contribution in [0.1, 0.15) is 30.9 Å². The Morgan fingerprint density at radius 1 is 1.03 bits per heavy atom. The lowest BCUT2D eigenvalue weighted by Crippen LogP contribution is -2.37. The summed E-state index contributed by atoms with van der Waals surface area (Å²) in [5, 5.41) is 5.34. The number of anilines is 2. The summed E-state index contributed by atoms with van der Waals surface area (Å²) in [4.78, 5) is 9.17. The normalized spacial score (nSPS) is 16.0. The van der Waals surface area contributed by atoms with Gasteiger partial charge in [0.05, 0.1) is 6.04 Å². The molecule has 4 rings (SSSR count). The number of nitrogens with one attached hydrogen (secondary N) is 1. The van der Waals surface area contributed by atoms with E-state index in [0.29, 0.717) is 0 Å². The second kappa shape index (κ2) is 8.78. The molecule has 3 aromatic rings. The van der Waals surface area contributed by atoms with E-state index in [9.17, 15) is 4.39 Å². The van der Waals surface area contributed by atoms with E-state index >= 15 is 0 Å². The molecule has 0 saturated carbocycles. The molecule has 2 aromatic carbocycles. The molecule has 0 spiro atoms. The summed E-state index contributed by atoms with van der Waals surface area (Å²) >= 11 is 0. The molecule has 1 fully saturated rings. The Balaban J connectivity index is 1.59. The smallest absolute Gasteiger partial charge is 0.133 e. The van der Waals surface area contributed by atoms with Crippen molar-refractivity contribution in [3.63, 3.8) is 0 Å². The van der Waals surface area contributed by atoms with Crippen LogP contribution in [0.2, 0.25) is 0 Å². The van der Waals surface area contributed by atoms with E-state index in [4.69, 9.17) is 0 Å². The summed E-state index contributed by atoms with van der Waals surface area (Å²) in [6, 6.07) is 15.9. The Bertz CT molecular complexity index is 949. The number of benzene rings is 2. The molecule has 152 valence electrons. The van der Waals surface area contributed by atoms with Crippen molar-refractivity contribution in [2.24, 2.45) is 0 Å². The SMILES string of the molecule is CN(C)c1ccc(C(CNc2nccc3ccc(F)cc23)N2CCCCC2)cc1. The quantitative estimate of drug-likeness (QED) is 0.634. The van der Waals surface area contributed by atoms with Crippen molar-refractivity contribution in [3.8, 4) is 0 Å². The number of likely N-dealkylation sites (tertiary alicyclic amines) is 1. The highest BCUT2D eigenvalue weighted by molar-refractivity contribution is 5.91. The number of nitrogens with zero attached hydrogens (tertiary/aromatic N) is 3. The van der Waals surface area contributed by atoms with Crippen molar-refractivity contribution in [1.82, 2.24) is 9.88 Å². The van der Waals surface area contributed by atoms with Crippen LogP contribution in [0.15, 0.2) is 54.7 Å². The van der Waals surface area contributed by atoms with Gasteiger partial charge >= 0.3 is 0 Å². The van der Waals surface area contributed by atoms with Crippen LogP contribution in [0.3, 0.4) is 0 Å². The molecule has 1 N–H and O–H groups in total. The van der Waals surface area contributed by atoms with E-state index in [1.165, 1.54) is 36.6 Å². The molecule has 1 aromatic heterocycles. The van der Waals surface area contributed by atoms with Gasteiger partial charge in [-0.1, -0.05) is 24.6 Å². The third-order valence-electron chi connectivity index (χ3n) is 5.82. The predicted octanol–water partition coefficient (Wildman–Crippen LogP) is 5.08. The zero-order valence-electron chi connectivity index (χ0n) is 17.2. The number of hydrogen-bond donors (Lipinski definition) is 1. The maximum absolute atomic E-state index is 13.8. The van der Waals surface area contributed by atoms with Crippen molar-refractivity contribution in [3.05, 3.63) is 66.1 Å². The van der Waals surface area contributed by atoms with Gasteiger partial charge in [-0.25, -0.2) is 9.37 Å². The first-order chi connectivity index (χ1) is 14.1. The molecule has 5 heteroatoms. The molecule has 0 radical (unpaired) electrons. The number of halogens is 1. The first kappa shape index (κ1) is 19.6. The average molecular weight is 393 g/mol. The number of fused-ring (bicyclic) bond motifs is 1. The molecule has 4 nitrogen and oxygen atoms in total. The Labute approximate surface area is 172 Å². The van der Waals surface area contributed by atoms with Crippen LogP contribution in [0.25, 0.3) is 10.8 Å². The summed E-state index contributed by atoms with van der Waals surface area (Å²) in [6.45, 7) is 2.96. The molecule has 0 aliphatic carbocycles. The minimum absolute atomic E-state index is 0.236. The fourth-order valence-corrected chi connectivity index (χ4v) is 4.16. The van der Waals surface area contributed by atoms with Crippen LogP contribution in [0.4, 0.5) is 15.9 Å². The zero-order chi connectivity index (χ0) is 20.2. The fourth-order valence-electron chi connectivity index (χ4n) is 4.16. The molecule has 1 aliphatic rings. The summed E-state index contributed by atoms with van der Waals surface area (Å²) < 4.78 is 13.8. The second-order valence-corrected chi connectivity index (χ2v) is 8.00. The molecule has 1 aliphatic heterocycles. The number of hydrogen-bond acceptors (Lipinski definition) is 4. The maximum atomic E-state index is 13.8. The van der Waals surface area contributed by atoms with Crippen LogP contribution in [0, 0.1) is 5.82 Å². The Kier molecular flexibility index (Phi) is 5.95. The van der Waals surface area contributed by atoms with E-state index in [0.717, 1.165) is 36.2 Å². The van der Waals surface area contributed by atoms with Crippen LogP contribution in [-0.2, 0) is 0 Å². The van der Waals surface area contributed by atoms with Crippen molar-refractivity contribution in [2.75, 3.05) is 43.9 Å². The fraction of sp³-hybridized carbons (Fsp3) is 0.375. The van der Waals surface area contributed by atoms with Gasteiger partial charge in [-0.05, 0) is 67.2 Å². The van der Waals surface area contributed by atoms with Crippen LogP contribution < -0.4 is 10.2 Å². The topological polar surface area (TPSA) is 31.4 Å². The Hall–Kier alpha value is -2.66. The van der Waals surface area contributed by atoms with Gasteiger partial charge in [0.1, 0.15) is 11.6 Å². The number of pyridine rings is 1. The van der Waals surface area contributed by atoms with Crippen LogP contribution >= 0.6 is 0 Å². The van der Waals surface area contributed by atoms with E-state index in [1.54, 1.807) is 18.3 Å². The van der Waals surface area contributed by atoms with Crippen LogP contribution in [0.5, 0.6) is 0 Å². The van der Waals surface area contributed by atoms with Gasteiger partial charge in [-0.15, -0.1) is 0 Å². The van der Waals surface area contributed by atoms with E-state index in [1.807, 2.05) is 6.07 Å². The lowest BCUT2D eigenvalue weighted by Gasteiger charge is -2.35. The largest absolute Gasteiger partial charge is 0.378 e. The number of piperidine rings is 1.